The number of nitrogens with one attached hydrogen (secondary N) is 1. The summed E-state index contributed by atoms with van der Waals surface area (Å²) < 4.78 is 41.8. The summed E-state index contributed by atoms with van der Waals surface area (Å²) in [7, 11) is 1.66. The van der Waals surface area contributed by atoms with Crippen LogP contribution in [0.2, 0.25) is 0 Å². The van der Waals surface area contributed by atoms with Gasteiger partial charge in [0.1, 0.15) is 12.4 Å². The second kappa shape index (κ2) is 13.4. The van der Waals surface area contributed by atoms with Crippen molar-refractivity contribution in [2.45, 2.75) is 72.5 Å². The number of hydrogen-bond donors (Lipinski definition) is 1. The van der Waals surface area contributed by atoms with Gasteiger partial charge >= 0.3 is 0 Å². The number of hydrazine groups is 1. The summed E-state index contributed by atoms with van der Waals surface area (Å²) in [5.74, 6) is -0.804. The molecule has 0 radical (unpaired) electrons. The number of aryl methyl sites for hydroxylation is 2. The summed E-state index contributed by atoms with van der Waals surface area (Å²) in [6, 6.07) is 8.26. The van der Waals surface area contributed by atoms with Crippen LogP contribution in [0.25, 0.3) is 10.9 Å². The molecule has 0 spiro atoms. The van der Waals surface area contributed by atoms with Gasteiger partial charge in [-0.3, -0.25) is 19.3 Å². The van der Waals surface area contributed by atoms with Crippen molar-refractivity contribution in [1.29, 1.82) is 0 Å². The fraction of sp³-hybridized carbons (Fsp3) is 0.500. The van der Waals surface area contributed by atoms with Gasteiger partial charge in [-0.05, 0) is 60.7 Å². The van der Waals surface area contributed by atoms with Gasteiger partial charge in [-0.25, -0.2) is 18.2 Å². The smallest absolute Gasteiger partial charge is 0.257 e. The molecule has 222 valence electrons. The maximum absolute atomic E-state index is 13.7. The van der Waals surface area contributed by atoms with Crippen LogP contribution < -0.4 is 10.2 Å². The Morgan fingerprint density at radius 1 is 1.07 bits per heavy atom. The zero-order chi connectivity index (χ0) is 29.7. The molecule has 0 saturated heterocycles. The molecule has 1 N–H and O–H groups in total. The average Bonchev–Trinajstić information content (AvgIpc) is 3.49. The maximum atomic E-state index is 13.7. The van der Waals surface area contributed by atoms with Gasteiger partial charge in [-0.1, -0.05) is 32.8 Å². The molecular weight excluding hydrogens is 533 g/mol. The Morgan fingerprint density at radius 3 is 2.54 bits per heavy atom. The Labute approximate surface area is 239 Å². The number of rotatable bonds is 13. The topological polar surface area (TPSA) is 73.7 Å². The van der Waals surface area contributed by atoms with Gasteiger partial charge < -0.3 is 10.2 Å². The van der Waals surface area contributed by atoms with Crippen molar-refractivity contribution < 1.29 is 22.8 Å². The van der Waals surface area contributed by atoms with Crippen molar-refractivity contribution in [2.24, 2.45) is 0 Å². The first-order chi connectivity index (χ1) is 19.6. The van der Waals surface area contributed by atoms with Crippen molar-refractivity contribution in [3.8, 4) is 0 Å². The van der Waals surface area contributed by atoms with Gasteiger partial charge in [0.05, 0.1) is 24.3 Å². The van der Waals surface area contributed by atoms with E-state index in [0.717, 1.165) is 47.0 Å². The van der Waals surface area contributed by atoms with Crippen molar-refractivity contribution >= 4 is 28.4 Å². The first-order valence-electron chi connectivity index (χ1n) is 14.2. The summed E-state index contributed by atoms with van der Waals surface area (Å²) in [6.07, 6.45) is 0.893. The van der Waals surface area contributed by atoms with E-state index in [9.17, 15) is 22.8 Å². The van der Waals surface area contributed by atoms with Crippen molar-refractivity contribution in [2.75, 3.05) is 31.6 Å². The normalized spacial score (nSPS) is 13.2. The van der Waals surface area contributed by atoms with Gasteiger partial charge in [-0.2, -0.15) is 5.10 Å². The number of aromatic nitrogens is 2. The Hall–Kier alpha value is -3.60. The monoisotopic (exact) mass is 572 g/mol. The van der Waals surface area contributed by atoms with E-state index >= 15 is 0 Å². The van der Waals surface area contributed by atoms with E-state index in [1.807, 2.05) is 24.9 Å². The lowest BCUT2D eigenvalue weighted by Gasteiger charge is -2.32. The summed E-state index contributed by atoms with van der Waals surface area (Å²) >= 11 is 0. The highest BCUT2D eigenvalue weighted by Crippen LogP contribution is 2.30. The number of nitrogens with zero attached hydrogens (tertiary/aromatic N) is 5. The number of fused-ring (bicyclic) bond motifs is 2. The van der Waals surface area contributed by atoms with E-state index in [-0.39, 0.29) is 30.7 Å². The number of hydrogen-bond acceptors (Lipinski definition) is 5. The molecule has 1 aromatic heterocycles. The average molecular weight is 573 g/mol. The second-order valence-electron chi connectivity index (χ2n) is 10.6. The number of amides is 2. The number of benzene rings is 2. The standard InChI is InChI=1S/C30H39F3N6O2/c1-5-7-8-11-34-29(40)18-37(19-30(41)36(4)38-15-21-9-10-23(31)13-22(21)16-38)26-14-27-24(12-20(26)3)25(6-2)35-39(27)17-28(32)33/h9-10,12-14,28H,5-8,11,15-19H2,1-4H3,(H,34,40). The lowest BCUT2D eigenvalue weighted by molar-refractivity contribution is -0.145. The molecule has 0 fully saturated rings. The Bertz CT molecular complexity index is 1390. The van der Waals surface area contributed by atoms with Crippen LogP contribution in [0.4, 0.5) is 18.9 Å². The molecule has 1 aliphatic heterocycles. The molecular formula is C30H39F3N6O2. The number of likely N-dealkylation sites (N-methyl/N-ethyl adjacent to an activating group) is 1. The van der Waals surface area contributed by atoms with Gasteiger partial charge in [0.2, 0.25) is 5.91 Å². The van der Waals surface area contributed by atoms with Crippen LogP contribution in [-0.2, 0) is 35.6 Å². The lowest BCUT2D eigenvalue weighted by atomic mass is 10.1. The maximum Gasteiger partial charge on any atom is 0.257 e. The van der Waals surface area contributed by atoms with E-state index in [2.05, 4.69) is 17.3 Å². The third kappa shape index (κ3) is 7.19. The zero-order valence-corrected chi connectivity index (χ0v) is 24.2. The van der Waals surface area contributed by atoms with Crippen LogP contribution in [0, 0.1) is 12.7 Å². The number of carbonyl (C=O) groups excluding carboxylic acids is 2. The molecule has 2 heterocycles. The molecule has 3 aromatic rings. The summed E-state index contributed by atoms with van der Waals surface area (Å²) in [5, 5.41) is 11.5. The van der Waals surface area contributed by atoms with Crippen LogP contribution in [0.5, 0.6) is 0 Å². The van der Waals surface area contributed by atoms with Gasteiger partial charge in [-0.15, -0.1) is 0 Å². The highest BCUT2D eigenvalue weighted by Gasteiger charge is 2.28. The zero-order valence-electron chi connectivity index (χ0n) is 24.2. The molecule has 2 aromatic carbocycles. The van der Waals surface area contributed by atoms with E-state index in [1.165, 1.54) is 21.8 Å². The van der Waals surface area contributed by atoms with Crippen molar-refractivity contribution in [3.05, 3.63) is 58.5 Å². The molecule has 8 nitrogen and oxygen atoms in total. The number of halogens is 3. The minimum Gasteiger partial charge on any atom is -0.355 e. The Balaban J connectivity index is 1.61. The van der Waals surface area contributed by atoms with Crippen molar-refractivity contribution in [1.82, 2.24) is 25.1 Å². The Kier molecular flexibility index (Phi) is 9.90. The minimum absolute atomic E-state index is 0.0763. The number of carbonyl (C=O) groups is 2. The van der Waals surface area contributed by atoms with Crippen LogP contribution in [0.15, 0.2) is 30.3 Å². The van der Waals surface area contributed by atoms with E-state index in [4.69, 9.17) is 0 Å². The fourth-order valence-electron chi connectivity index (χ4n) is 5.29. The van der Waals surface area contributed by atoms with Crippen LogP contribution in [0.1, 0.15) is 55.5 Å². The molecule has 0 aliphatic carbocycles. The lowest BCUT2D eigenvalue weighted by Crippen LogP contribution is -2.48. The molecule has 4 rings (SSSR count). The number of anilines is 1. The first kappa shape index (κ1) is 30.4. The third-order valence-corrected chi connectivity index (χ3v) is 7.55. The molecule has 0 saturated carbocycles. The van der Waals surface area contributed by atoms with Crippen LogP contribution in [-0.4, -0.2) is 64.7 Å². The number of unbranched alkanes of at least 4 members (excludes halogenated alkanes) is 2. The summed E-state index contributed by atoms with van der Waals surface area (Å²) in [4.78, 5) is 28.2. The van der Waals surface area contributed by atoms with Crippen LogP contribution >= 0.6 is 0 Å². The van der Waals surface area contributed by atoms with E-state index < -0.39 is 13.0 Å². The van der Waals surface area contributed by atoms with Gasteiger partial charge in [0.25, 0.3) is 12.3 Å². The molecule has 11 heteroatoms. The molecule has 0 bridgehead atoms. The highest BCUT2D eigenvalue weighted by molar-refractivity contribution is 5.91. The van der Waals surface area contributed by atoms with Crippen molar-refractivity contribution in [3.63, 3.8) is 0 Å². The first-order valence-corrected chi connectivity index (χ1v) is 14.2. The summed E-state index contributed by atoms with van der Waals surface area (Å²) in [5.41, 5.74) is 4.45. The molecule has 41 heavy (non-hydrogen) atoms. The highest BCUT2D eigenvalue weighted by atomic mass is 19.3. The molecule has 0 atom stereocenters. The van der Waals surface area contributed by atoms with E-state index in [0.29, 0.717) is 37.3 Å². The SMILES string of the molecule is CCCCCNC(=O)CN(CC(=O)N(C)N1Cc2ccc(F)cc2C1)c1cc2c(cc1C)c(CC)nn2CC(F)F. The quantitative estimate of drug-likeness (QED) is 0.298. The molecule has 0 unspecified atom stereocenters. The number of alkyl halides is 2. The fourth-order valence-corrected chi connectivity index (χ4v) is 5.29. The summed E-state index contributed by atoms with van der Waals surface area (Å²) in [6.45, 7) is 6.55. The predicted octanol–water partition coefficient (Wildman–Crippen LogP) is 4.81. The van der Waals surface area contributed by atoms with E-state index in [1.54, 1.807) is 24.1 Å². The minimum atomic E-state index is -2.58. The predicted molar refractivity (Wildman–Crippen MR) is 153 cm³/mol. The van der Waals surface area contributed by atoms with Gasteiger partial charge in [0, 0.05) is 37.8 Å². The largest absolute Gasteiger partial charge is 0.355 e. The molecule has 2 amide bonds. The van der Waals surface area contributed by atoms with Crippen LogP contribution in [0.3, 0.4) is 0 Å². The van der Waals surface area contributed by atoms with Gasteiger partial charge in [0.15, 0.2) is 0 Å². The molecule has 1 aliphatic rings. The third-order valence-electron chi connectivity index (χ3n) is 7.55. The second-order valence-corrected chi connectivity index (χ2v) is 10.6. The Morgan fingerprint density at radius 2 is 1.83 bits per heavy atom.